The molecule has 9 heteroatoms. The molecule has 1 aliphatic heterocycles. The molecule has 0 spiro atoms. The largest absolute Gasteiger partial charge is 0.371 e. The van der Waals surface area contributed by atoms with Gasteiger partial charge in [-0.3, -0.25) is 14.3 Å². The number of hydrogen-bond donors (Lipinski definition) is 3. The summed E-state index contributed by atoms with van der Waals surface area (Å²) in [6.45, 7) is 3.74. The van der Waals surface area contributed by atoms with Gasteiger partial charge in [0.25, 0.3) is 5.91 Å². The molecule has 1 atom stereocenters. The van der Waals surface area contributed by atoms with Crippen molar-refractivity contribution >= 4 is 17.7 Å². The van der Waals surface area contributed by atoms with Crippen molar-refractivity contribution in [1.29, 1.82) is 5.26 Å². The molecule has 2 aromatic rings. The van der Waals surface area contributed by atoms with Crippen LogP contribution in [0.25, 0.3) is 0 Å². The Hall–Kier alpha value is -3.56. The number of nitriles is 1. The smallest absolute Gasteiger partial charge is 0.272 e. The molecule has 0 aliphatic carbocycles. The Morgan fingerprint density at radius 3 is 3.00 bits per heavy atom. The van der Waals surface area contributed by atoms with E-state index in [1.807, 2.05) is 4.57 Å². The van der Waals surface area contributed by atoms with Gasteiger partial charge in [0.05, 0.1) is 24.3 Å². The summed E-state index contributed by atoms with van der Waals surface area (Å²) in [5.41, 5.74) is 7.49. The molecule has 1 aliphatic rings. The number of pyridine rings is 1. The second-order valence-electron chi connectivity index (χ2n) is 7.01. The highest BCUT2D eigenvalue weighted by Gasteiger charge is 2.27. The Morgan fingerprint density at radius 2 is 2.30 bits per heavy atom. The number of nitrogens with one attached hydrogen (secondary N) is 2. The van der Waals surface area contributed by atoms with Crippen LogP contribution in [0.15, 0.2) is 18.3 Å². The first-order valence-electron chi connectivity index (χ1n) is 9.89. The lowest BCUT2D eigenvalue weighted by Crippen LogP contribution is -2.44. The van der Waals surface area contributed by atoms with Crippen LogP contribution < -0.4 is 21.3 Å². The summed E-state index contributed by atoms with van der Waals surface area (Å²) < 4.78 is 1.82. The Labute approximate surface area is 176 Å². The van der Waals surface area contributed by atoms with Crippen LogP contribution in [0.4, 0.5) is 11.8 Å². The summed E-state index contributed by atoms with van der Waals surface area (Å²) in [5, 5.41) is 15.1. The molecule has 4 N–H and O–H groups in total. The van der Waals surface area contributed by atoms with E-state index < -0.39 is 0 Å². The molecule has 0 saturated carbocycles. The molecule has 1 amide bonds. The summed E-state index contributed by atoms with van der Waals surface area (Å²) in [6.07, 6.45) is 3.55. The fourth-order valence-corrected chi connectivity index (χ4v) is 3.51. The minimum absolute atomic E-state index is 0.0741. The van der Waals surface area contributed by atoms with Gasteiger partial charge in [-0.05, 0) is 31.9 Å². The van der Waals surface area contributed by atoms with Gasteiger partial charge in [0.2, 0.25) is 5.95 Å². The average molecular weight is 406 g/mol. The van der Waals surface area contributed by atoms with Gasteiger partial charge >= 0.3 is 0 Å². The average Bonchev–Trinajstić information content (AvgIpc) is 3.14. The predicted molar refractivity (Wildman–Crippen MR) is 115 cm³/mol. The normalized spacial score (nSPS) is 15.7. The van der Waals surface area contributed by atoms with Crippen molar-refractivity contribution < 1.29 is 4.79 Å². The highest BCUT2D eigenvalue weighted by Crippen LogP contribution is 2.26. The second-order valence-corrected chi connectivity index (χ2v) is 7.01. The Morgan fingerprint density at radius 1 is 1.47 bits per heavy atom. The summed E-state index contributed by atoms with van der Waals surface area (Å²) in [7, 11) is 1.73. The van der Waals surface area contributed by atoms with Crippen molar-refractivity contribution in [2.24, 2.45) is 5.73 Å². The van der Waals surface area contributed by atoms with Gasteiger partial charge < -0.3 is 21.3 Å². The van der Waals surface area contributed by atoms with Crippen LogP contribution in [0, 0.1) is 23.2 Å². The first-order valence-corrected chi connectivity index (χ1v) is 9.89. The standard InChI is InChI=1S/C21H26N8O/c1-3-4-11-29-18(20(30)26-13-17-15(12-22)7-5-9-25-17)19(24-2)27-21(29)28-10-6-8-16(23)14-28/h5,7,9,16,24H,6,8,10-11,13-14,23H2,1-2H3,(H,26,30)/t16-/m1/s1. The van der Waals surface area contributed by atoms with Gasteiger partial charge in [0.15, 0.2) is 11.5 Å². The van der Waals surface area contributed by atoms with Crippen LogP contribution >= 0.6 is 0 Å². The van der Waals surface area contributed by atoms with Crippen LogP contribution in [-0.2, 0) is 13.1 Å². The molecule has 0 radical (unpaired) electrons. The van der Waals surface area contributed by atoms with Crippen LogP contribution in [0.1, 0.15) is 41.5 Å². The number of rotatable bonds is 6. The lowest BCUT2D eigenvalue weighted by Gasteiger charge is -2.31. The highest BCUT2D eigenvalue weighted by molar-refractivity contribution is 5.98. The Balaban J connectivity index is 1.92. The van der Waals surface area contributed by atoms with E-state index in [4.69, 9.17) is 5.73 Å². The van der Waals surface area contributed by atoms with E-state index in [0.717, 1.165) is 19.4 Å². The Kier molecular flexibility index (Phi) is 6.89. The van der Waals surface area contributed by atoms with Gasteiger partial charge in [-0.2, -0.15) is 10.2 Å². The third-order valence-electron chi connectivity index (χ3n) is 4.98. The van der Waals surface area contributed by atoms with E-state index in [2.05, 4.69) is 43.4 Å². The molecule has 3 heterocycles. The first kappa shape index (κ1) is 21.2. The summed E-state index contributed by atoms with van der Waals surface area (Å²) in [6, 6.07) is 5.53. The number of carbonyl (C=O) groups is 1. The maximum absolute atomic E-state index is 13.1. The van der Waals surface area contributed by atoms with Crippen molar-refractivity contribution in [2.75, 3.05) is 30.4 Å². The zero-order chi connectivity index (χ0) is 21.5. The number of imidazole rings is 1. The van der Waals surface area contributed by atoms with Crippen LogP contribution in [0.3, 0.4) is 0 Å². The number of hydrogen-bond acceptors (Lipinski definition) is 7. The van der Waals surface area contributed by atoms with E-state index in [9.17, 15) is 10.1 Å². The van der Waals surface area contributed by atoms with Gasteiger partial charge in [0, 0.05) is 32.4 Å². The number of carbonyl (C=O) groups excluding carboxylic acids is 1. The van der Waals surface area contributed by atoms with Gasteiger partial charge in [-0.25, -0.2) is 0 Å². The van der Waals surface area contributed by atoms with E-state index >= 15 is 0 Å². The predicted octanol–water partition coefficient (Wildman–Crippen LogP) is 1.07. The number of nitrogens with zero attached hydrogens (tertiary/aromatic N) is 5. The topological polar surface area (TPSA) is 125 Å². The number of aromatic nitrogens is 3. The summed E-state index contributed by atoms with van der Waals surface area (Å²) in [4.78, 5) is 24.1. The molecule has 0 aromatic carbocycles. The zero-order valence-electron chi connectivity index (χ0n) is 17.3. The minimum Gasteiger partial charge on any atom is -0.371 e. The number of amides is 1. The van der Waals surface area contributed by atoms with Gasteiger partial charge in [-0.1, -0.05) is 5.92 Å². The van der Waals surface area contributed by atoms with Gasteiger partial charge in [0.1, 0.15) is 6.07 Å². The van der Waals surface area contributed by atoms with Crippen molar-refractivity contribution in [3.8, 4) is 17.9 Å². The molecule has 2 aromatic heterocycles. The van der Waals surface area contributed by atoms with Crippen LogP contribution in [-0.4, -0.2) is 46.6 Å². The fraction of sp³-hybridized carbons (Fsp3) is 0.429. The summed E-state index contributed by atoms with van der Waals surface area (Å²) >= 11 is 0. The molecule has 1 saturated heterocycles. The fourth-order valence-electron chi connectivity index (χ4n) is 3.51. The molecule has 0 unspecified atom stereocenters. The molecular weight excluding hydrogens is 380 g/mol. The third kappa shape index (κ3) is 4.53. The third-order valence-corrected chi connectivity index (χ3v) is 4.98. The SMILES string of the molecule is CC#CCn1c(N2CCC[C@@H](N)C2)nc(NC)c1C(=O)NCc1ncccc1C#N. The number of anilines is 2. The lowest BCUT2D eigenvalue weighted by atomic mass is 10.1. The minimum atomic E-state index is -0.313. The molecule has 9 nitrogen and oxygen atoms in total. The van der Waals surface area contributed by atoms with Crippen molar-refractivity contribution in [1.82, 2.24) is 19.9 Å². The monoisotopic (exact) mass is 406 g/mol. The maximum Gasteiger partial charge on any atom is 0.272 e. The van der Waals surface area contributed by atoms with Crippen molar-refractivity contribution in [2.45, 2.75) is 38.9 Å². The quantitative estimate of drug-likeness (QED) is 0.613. The van der Waals surface area contributed by atoms with E-state index in [1.54, 1.807) is 32.3 Å². The lowest BCUT2D eigenvalue weighted by molar-refractivity contribution is 0.0942. The first-order chi connectivity index (χ1) is 14.6. The maximum atomic E-state index is 13.1. The van der Waals surface area contributed by atoms with Crippen molar-refractivity contribution in [3.63, 3.8) is 0 Å². The Bertz CT molecular complexity index is 1010. The van der Waals surface area contributed by atoms with Crippen molar-refractivity contribution in [3.05, 3.63) is 35.3 Å². The molecule has 1 fully saturated rings. The van der Waals surface area contributed by atoms with E-state index in [0.29, 0.717) is 41.8 Å². The number of nitrogens with two attached hydrogens (primary N) is 1. The molecule has 0 bridgehead atoms. The van der Waals surface area contributed by atoms with E-state index in [-0.39, 0.29) is 18.5 Å². The van der Waals surface area contributed by atoms with E-state index in [1.165, 1.54) is 0 Å². The zero-order valence-corrected chi connectivity index (χ0v) is 17.3. The van der Waals surface area contributed by atoms with Crippen LogP contribution in [0.2, 0.25) is 0 Å². The van der Waals surface area contributed by atoms with Crippen LogP contribution in [0.5, 0.6) is 0 Å². The number of piperidine rings is 1. The molecule has 30 heavy (non-hydrogen) atoms. The molecule has 3 rings (SSSR count). The van der Waals surface area contributed by atoms with Gasteiger partial charge in [-0.15, -0.1) is 5.92 Å². The molecule has 156 valence electrons. The summed E-state index contributed by atoms with van der Waals surface area (Å²) in [5.74, 6) is 6.75. The molecular formula is C21H26N8O. The highest BCUT2D eigenvalue weighted by atomic mass is 16.2. The second kappa shape index (κ2) is 9.77.